The fourth-order valence-electron chi connectivity index (χ4n) is 2.60. The molecule has 1 aromatic heterocycles. The Kier molecular flexibility index (Phi) is 5.23. The van der Waals surface area contributed by atoms with E-state index in [2.05, 4.69) is 9.72 Å². The number of ether oxygens (including phenoxy) is 2. The zero-order valence-electron chi connectivity index (χ0n) is 14.2. The lowest BCUT2D eigenvalue weighted by Gasteiger charge is -2.24. The van der Waals surface area contributed by atoms with Gasteiger partial charge < -0.3 is 14.4 Å². The molecule has 6 nitrogen and oxygen atoms in total. The molecule has 1 saturated heterocycles. The molecule has 1 aromatic rings. The second-order valence-electron chi connectivity index (χ2n) is 6.83. The first-order valence-corrected chi connectivity index (χ1v) is 7.79. The molecule has 6 heteroatoms. The Hall–Kier alpha value is -2.11. The molecule has 126 valence electrons. The lowest BCUT2D eigenvalue weighted by atomic mass is 10.00. The summed E-state index contributed by atoms with van der Waals surface area (Å²) in [4.78, 5) is 29.3. The lowest BCUT2D eigenvalue weighted by Crippen LogP contribution is -2.35. The van der Waals surface area contributed by atoms with Gasteiger partial charge in [-0.25, -0.2) is 14.6 Å². The topological polar surface area (TPSA) is 68.7 Å². The quantitative estimate of drug-likeness (QED) is 0.801. The normalized spacial score (nSPS) is 17.9. The molecule has 0 saturated carbocycles. The third kappa shape index (κ3) is 4.94. The van der Waals surface area contributed by atoms with E-state index in [4.69, 9.17) is 4.74 Å². The van der Waals surface area contributed by atoms with Crippen LogP contribution in [0.4, 0.5) is 4.79 Å². The molecule has 0 aliphatic carbocycles. The molecule has 1 atom stereocenters. The first-order chi connectivity index (χ1) is 10.8. The molecule has 1 amide bonds. The number of likely N-dealkylation sites (tertiary alicyclic amines) is 1. The molecule has 23 heavy (non-hydrogen) atoms. The van der Waals surface area contributed by atoms with Crippen molar-refractivity contribution in [1.29, 1.82) is 0 Å². The molecule has 0 spiro atoms. The van der Waals surface area contributed by atoms with Crippen LogP contribution >= 0.6 is 0 Å². The van der Waals surface area contributed by atoms with Crippen molar-refractivity contribution in [2.75, 3.05) is 20.2 Å². The van der Waals surface area contributed by atoms with Gasteiger partial charge in [-0.15, -0.1) is 0 Å². The van der Waals surface area contributed by atoms with Gasteiger partial charge in [-0.3, -0.25) is 0 Å². The van der Waals surface area contributed by atoms with Crippen molar-refractivity contribution in [3.8, 4) is 0 Å². The number of esters is 1. The first kappa shape index (κ1) is 17.2. The van der Waals surface area contributed by atoms with Crippen LogP contribution in [0.2, 0.25) is 0 Å². The van der Waals surface area contributed by atoms with Crippen molar-refractivity contribution < 1.29 is 19.1 Å². The third-order valence-electron chi connectivity index (χ3n) is 3.68. The van der Waals surface area contributed by atoms with E-state index in [1.54, 1.807) is 17.2 Å². The van der Waals surface area contributed by atoms with Crippen LogP contribution in [-0.4, -0.2) is 47.7 Å². The average Bonchev–Trinajstić information content (AvgIpc) is 2.94. The second kappa shape index (κ2) is 6.98. The number of rotatable bonds is 3. The fraction of sp³-hybridized carbons (Fsp3) is 0.588. The van der Waals surface area contributed by atoms with Crippen LogP contribution in [-0.2, 0) is 15.9 Å². The molecule has 0 N–H and O–H groups in total. The van der Waals surface area contributed by atoms with Gasteiger partial charge >= 0.3 is 12.1 Å². The van der Waals surface area contributed by atoms with Crippen LogP contribution in [0.25, 0.3) is 0 Å². The van der Waals surface area contributed by atoms with Crippen molar-refractivity contribution in [3.05, 3.63) is 29.6 Å². The van der Waals surface area contributed by atoms with Crippen LogP contribution in [0.3, 0.4) is 0 Å². The molecule has 1 fully saturated rings. The molecule has 0 unspecified atom stereocenters. The predicted molar refractivity (Wildman–Crippen MR) is 85.2 cm³/mol. The van der Waals surface area contributed by atoms with Gasteiger partial charge in [0.25, 0.3) is 0 Å². The summed E-state index contributed by atoms with van der Waals surface area (Å²) in [5.41, 5.74) is 0.884. The number of hydrogen-bond donors (Lipinski definition) is 0. The minimum atomic E-state index is -0.469. The van der Waals surface area contributed by atoms with Crippen LogP contribution in [0, 0.1) is 5.92 Å². The Labute approximate surface area is 136 Å². The Balaban J connectivity index is 1.88. The van der Waals surface area contributed by atoms with Crippen molar-refractivity contribution in [3.63, 3.8) is 0 Å². The summed E-state index contributed by atoms with van der Waals surface area (Å²) in [5, 5.41) is 0. The van der Waals surface area contributed by atoms with Crippen LogP contribution in [0.15, 0.2) is 18.3 Å². The molecule has 2 rings (SSSR count). The average molecular weight is 320 g/mol. The number of amides is 1. The van der Waals surface area contributed by atoms with Gasteiger partial charge in [-0.2, -0.15) is 0 Å². The molecule has 1 aliphatic heterocycles. The summed E-state index contributed by atoms with van der Waals surface area (Å²) in [6.45, 7) is 7.01. The minimum Gasteiger partial charge on any atom is -0.464 e. The minimum absolute atomic E-state index is 0.251. The van der Waals surface area contributed by atoms with Crippen molar-refractivity contribution in [2.45, 2.75) is 39.2 Å². The van der Waals surface area contributed by atoms with Gasteiger partial charge in [0.05, 0.1) is 7.11 Å². The highest BCUT2D eigenvalue weighted by molar-refractivity contribution is 5.86. The molecule has 0 bridgehead atoms. The van der Waals surface area contributed by atoms with Gasteiger partial charge in [0.15, 0.2) is 0 Å². The van der Waals surface area contributed by atoms with E-state index in [0.29, 0.717) is 24.7 Å². The van der Waals surface area contributed by atoms with Crippen molar-refractivity contribution >= 4 is 12.1 Å². The summed E-state index contributed by atoms with van der Waals surface area (Å²) in [5.74, 6) is -0.0539. The molecule has 2 heterocycles. The smallest absolute Gasteiger partial charge is 0.410 e. The number of aromatic nitrogens is 1. The SMILES string of the molecule is COC(=O)c1ccc(C[C@@H]2CCN(C(=O)OC(C)(C)C)C2)cn1. The number of pyridine rings is 1. The van der Waals surface area contributed by atoms with Crippen LogP contribution in [0.5, 0.6) is 0 Å². The summed E-state index contributed by atoms with van der Waals surface area (Å²) in [6, 6.07) is 3.55. The lowest BCUT2D eigenvalue weighted by molar-refractivity contribution is 0.0288. The van der Waals surface area contributed by atoms with E-state index in [9.17, 15) is 9.59 Å². The van der Waals surface area contributed by atoms with Crippen molar-refractivity contribution in [2.24, 2.45) is 5.92 Å². The zero-order valence-corrected chi connectivity index (χ0v) is 14.2. The highest BCUT2D eigenvalue weighted by atomic mass is 16.6. The van der Waals surface area contributed by atoms with E-state index in [1.807, 2.05) is 26.8 Å². The Morgan fingerprint density at radius 2 is 2.09 bits per heavy atom. The summed E-state index contributed by atoms with van der Waals surface area (Å²) < 4.78 is 10.0. The van der Waals surface area contributed by atoms with E-state index in [0.717, 1.165) is 18.4 Å². The monoisotopic (exact) mass is 320 g/mol. The van der Waals surface area contributed by atoms with Crippen molar-refractivity contribution in [1.82, 2.24) is 9.88 Å². The molecule has 0 aromatic carbocycles. The molecular weight excluding hydrogens is 296 g/mol. The maximum absolute atomic E-state index is 12.1. The number of carbonyl (C=O) groups excluding carboxylic acids is 2. The van der Waals surface area contributed by atoms with Gasteiger partial charge in [0.2, 0.25) is 0 Å². The third-order valence-corrected chi connectivity index (χ3v) is 3.68. The second-order valence-corrected chi connectivity index (χ2v) is 6.83. The number of hydrogen-bond acceptors (Lipinski definition) is 5. The molecular formula is C17H24N2O4. The molecule has 1 aliphatic rings. The largest absolute Gasteiger partial charge is 0.464 e. The summed E-state index contributed by atoms with van der Waals surface area (Å²) >= 11 is 0. The Morgan fingerprint density at radius 3 is 2.65 bits per heavy atom. The maximum atomic E-state index is 12.1. The zero-order chi connectivity index (χ0) is 17.0. The Morgan fingerprint density at radius 1 is 1.35 bits per heavy atom. The number of carbonyl (C=O) groups is 2. The van der Waals surface area contributed by atoms with E-state index in [1.165, 1.54) is 7.11 Å². The van der Waals surface area contributed by atoms with Gasteiger partial charge in [0.1, 0.15) is 11.3 Å². The number of nitrogens with zero attached hydrogens (tertiary/aromatic N) is 2. The van der Waals surface area contributed by atoms with Gasteiger partial charge in [0, 0.05) is 19.3 Å². The maximum Gasteiger partial charge on any atom is 0.410 e. The Bertz CT molecular complexity index is 563. The highest BCUT2D eigenvalue weighted by Crippen LogP contribution is 2.22. The molecule has 0 radical (unpaired) electrons. The highest BCUT2D eigenvalue weighted by Gasteiger charge is 2.29. The van der Waals surface area contributed by atoms with Gasteiger partial charge in [-0.05, 0) is 51.2 Å². The van der Waals surface area contributed by atoms with Gasteiger partial charge in [-0.1, -0.05) is 6.07 Å². The van der Waals surface area contributed by atoms with E-state index in [-0.39, 0.29) is 6.09 Å². The number of methoxy groups -OCH3 is 1. The van der Waals surface area contributed by atoms with E-state index >= 15 is 0 Å². The standard InChI is InChI=1S/C17H24N2O4/c1-17(2,3)23-16(21)19-8-7-13(11-19)9-12-5-6-14(18-10-12)15(20)22-4/h5-6,10,13H,7-9,11H2,1-4H3/t13-/m0/s1. The fourth-order valence-corrected chi connectivity index (χ4v) is 2.60. The predicted octanol–water partition coefficient (Wildman–Crippen LogP) is 2.67. The van der Waals surface area contributed by atoms with E-state index < -0.39 is 11.6 Å². The van der Waals surface area contributed by atoms with Crippen LogP contribution < -0.4 is 0 Å². The summed E-state index contributed by atoms with van der Waals surface area (Å²) in [6.07, 6.45) is 3.22. The summed E-state index contributed by atoms with van der Waals surface area (Å²) in [7, 11) is 1.34. The first-order valence-electron chi connectivity index (χ1n) is 7.79. The van der Waals surface area contributed by atoms with Crippen LogP contribution in [0.1, 0.15) is 43.2 Å².